The fourth-order valence-electron chi connectivity index (χ4n) is 3.16. The molecule has 3 rings (SSSR count). The van der Waals surface area contributed by atoms with Crippen LogP contribution in [-0.2, 0) is 16.7 Å². The summed E-state index contributed by atoms with van der Waals surface area (Å²) in [4.78, 5) is 8.94. The third-order valence-corrected chi connectivity index (χ3v) is 4.44. The summed E-state index contributed by atoms with van der Waals surface area (Å²) < 4.78 is 11.7. The minimum Gasteiger partial charge on any atom is -0.443 e. The van der Waals surface area contributed by atoms with Crippen LogP contribution in [0.15, 0.2) is 15.6 Å². The Morgan fingerprint density at radius 2 is 2.17 bits per heavy atom. The maximum Gasteiger partial charge on any atom is 0.216 e. The number of hydrogen-bond donors (Lipinski definition) is 2. The molecule has 0 aromatic carbocycles. The van der Waals surface area contributed by atoms with Crippen molar-refractivity contribution in [1.82, 2.24) is 15.6 Å². The van der Waals surface area contributed by atoms with Gasteiger partial charge in [-0.05, 0) is 26.2 Å². The molecule has 24 heavy (non-hydrogen) atoms. The molecule has 1 aromatic heterocycles. The van der Waals surface area contributed by atoms with Gasteiger partial charge in [0.15, 0.2) is 5.96 Å². The van der Waals surface area contributed by atoms with Crippen LogP contribution in [0, 0.1) is 0 Å². The predicted molar refractivity (Wildman–Crippen MR) is 105 cm³/mol. The molecule has 1 aromatic rings. The minimum atomic E-state index is -0.0296. The fourth-order valence-corrected chi connectivity index (χ4v) is 3.16. The highest BCUT2D eigenvalue weighted by atomic mass is 127. The van der Waals surface area contributed by atoms with Crippen molar-refractivity contribution in [2.45, 2.75) is 77.2 Å². The first-order valence-electron chi connectivity index (χ1n) is 8.61. The molecule has 2 bridgehead atoms. The quantitative estimate of drug-likeness (QED) is 0.421. The molecule has 0 amide bonds. The van der Waals surface area contributed by atoms with Crippen molar-refractivity contribution in [3.63, 3.8) is 0 Å². The fraction of sp³-hybridized carbons (Fsp3) is 0.765. The van der Waals surface area contributed by atoms with Crippen LogP contribution in [0.25, 0.3) is 0 Å². The molecule has 2 fully saturated rings. The molecule has 3 atom stereocenters. The zero-order chi connectivity index (χ0) is 16.4. The Labute approximate surface area is 161 Å². The van der Waals surface area contributed by atoms with Gasteiger partial charge in [0, 0.05) is 12.0 Å². The summed E-state index contributed by atoms with van der Waals surface area (Å²) in [7, 11) is 0. The van der Waals surface area contributed by atoms with Gasteiger partial charge in [-0.15, -0.1) is 24.0 Å². The average molecular weight is 448 g/mol. The Morgan fingerprint density at radius 1 is 1.38 bits per heavy atom. The number of aromatic nitrogens is 1. The first-order valence-corrected chi connectivity index (χ1v) is 8.61. The summed E-state index contributed by atoms with van der Waals surface area (Å²) in [5.74, 6) is 2.35. The van der Waals surface area contributed by atoms with Crippen LogP contribution in [0.1, 0.15) is 58.6 Å². The van der Waals surface area contributed by atoms with Crippen LogP contribution in [0.3, 0.4) is 0 Å². The Hall–Kier alpha value is -0.830. The zero-order valence-corrected chi connectivity index (χ0v) is 17.3. The third kappa shape index (κ3) is 4.62. The van der Waals surface area contributed by atoms with E-state index < -0.39 is 0 Å². The van der Waals surface area contributed by atoms with E-state index in [1.54, 1.807) is 6.20 Å². The Bertz CT molecular complexity index is 567. The van der Waals surface area contributed by atoms with Crippen LogP contribution in [-0.4, -0.2) is 35.7 Å². The lowest BCUT2D eigenvalue weighted by Crippen LogP contribution is -2.47. The topological polar surface area (TPSA) is 71.7 Å². The summed E-state index contributed by atoms with van der Waals surface area (Å²) in [6.45, 7) is 9.67. The van der Waals surface area contributed by atoms with Gasteiger partial charge in [0.05, 0.1) is 24.4 Å². The van der Waals surface area contributed by atoms with Gasteiger partial charge in [0.2, 0.25) is 5.89 Å². The molecule has 0 saturated carbocycles. The summed E-state index contributed by atoms with van der Waals surface area (Å²) >= 11 is 0. The summed E-state index contributed by atoms with van der Waals surface area (Å²) in [6, 6.07) is 0.362. The number of nitrogens with one attached hydrogen (secondary N) is 2. The maximum absolute atomic E-state index is 5.89. The van der Waals surface area contributed by atoms with Gasteiger partial charge in [-0.2, -0.15) is 0 Å². The minimum absolute atomic E-state index is 0. The van der Waals surface area contributed by atoms with Gasteiger partial charge in [-0.1, -0.05) is 20.8 Å². The molecule has 2 N–H and O–H groups in total. The third-order valence-electron chi connectivity index (χ3n) is 4.44. The Balaban J connectivity index is 0.00000208. The van der Waals surface area contributed by atoms with Gasteiger partial charge < -0.3 is 19.8 Å². The SMILES string of the molecule is CCNC(=NCc1ncc(C(C)(C)C)o1)NC1CC2CCC1O2.I. The summed E-state index contributed by atoms with van der Waals surface area (Å²) in [5.41, 5.74) is -0.0296. The number of aliphatic imine (C=N–C) groups is 1. The molecule has 0 spiro atoms. The molecule has 3 heterocycles. The molecule has 6 nitrogen and oxygen atoms in total. The van der Waals surface area contributed by atoms with Crippen molar-refractivity contribution in [1.29, 1.82) is 0 Å². The molecular formula is C17H29IN4O2. The van der Waals surface area contributed by atoms with Crippen molar-refractivity contribution in [3.05, 3.63) is 17.8 Å². The van der Waals surface area contributed by atoms with Crippen molar-refractivity contribution >= 4 is 29.9 Å². The number of halogens is 1. The largest absolute Gasteiger partial charge is 0.443 e. The van der Waals surface area contributed by atoms with Crippen LogP contribution in [0.4, 0.5) is 0 Å². The van der Waals surface area contributed by atoms with E-state index in [-0.39, 0.29) is 29.4 Å². The summed E-state index contributed by atoms with van der Waals surface area (Å²) in [6.07, 6.45) is 5.98. The van der Waals surface area contributed by atoms with Gasteiger partial charge in [0.1, 0.15) is 12.3 Å². The molecule has 2 aliphatic heterocycles. The van der Waals surface area contributed by atoms with Gasteiger partial charge in [-0.3, -0.25) is 0 Å². The smallest absolute Gasteiger partial charge is 0.216 e. The van der Waals surface area contributed by atoms with Crippen LogP contribution >= 0.6 is 24.0 Å². The molecule has 2 saturated heterocycles. The lowest BCUT2D eigenvalue weighted by Gasteiger charge is -2.22. The van der Waals surface area contributed by atoms with E-state index >= 15 is 0 Å². The summed E-state index contributed by atoms with van der Waals surface area (Å²) in [5, 5.41) is 6.79. The second-order valence-corrected chi connectivity index (χ2v) is 7.42. The van der Waals surface area contributed by atoms with Crippen molar-refractivity contribution < 1.29 is 9.15 Å². The molecule has 0 aliphatic carbocycles. The lowest BCUT2D eigenvalue weighted by atomic mass is 9.94. The van der Waals surface area contributed by atoms with Gasteiger partial charge >= 0.3 is 0 Å². The van der Waals surface area contributed by atoms with E-state index in [0.717, 1.165) is 31.1 Å². The zero-order valence-electron chi connectivity index (χ0n) is 15.0. The van der Waals surface area contributed by atoms with Crippen LogP contribution in [0.2, 0.25) is 0 Å². The van der Waals surface area contributed by atoms with E-state index in [0.29, 0.717) is 30.7 Å². The standard InChI is InChI=1S/C17H28N4O2.HI/c1-5-18-16(21-12-8-11-6-7-13(12)22-11)20-10-15-19-9-14(23-15)17(2,3)4;/h9,11-13H,5-8,10H2,1-4H3,(H2,18,20,21);1H. The number of rotatable bonds is 4. The lowest BCUT2D eigenvalue weighted by molar-refractivity contribution is 0.0992. The number of ether oxygens (including phenoxy) is 1. The van der Waals surface area contributed by atoms with E-state index in [4.69, 9.17) is 9.15 Å². The average Bonchev–Trinajstić information content (AvgIpc) is 3.20. The van der Waals surface area contributed by atoms with E-state index in [9.17, 15) is 0 Å². The van der Waals surface area contributed by atoms with Crippen molar-refractivity contribution in [2.75, 3.05) is 6.54 Å². The van der Waals surface area contributed by atoms with E-state index in [1.807, 2.05) is 0 Å². The first-order chi connectivity index (χ1) is 11.0. The van der Waals surface area contributed by atoms with Crippen LogP contribution in [0.5, 0.6) is 0 Å². The number of fused-ring (bicyclic) bond motifs is 2. The molecule has 7 heteroatoms. The number of hydrogen-bond acceptors (Lipinski definition) is 4. The van der Waals surface area contributed by atoms with Crippen molar-refractivity contribution in [2.24, 2.45) is 4.99 Å². The molecular weight excluding hydrogens is 419 g/mol. The first kappa shape index (κ1) is 19.5. The number of nitrogens with zero attached hydrogens (tertiary/aromatic N) is 2. The van der Waals surface area contributed by atoms with Crippen LogP contribution < -0.4 is 10.6 Å². The van der Waals surface area contributed by atoms with Gasteiger partial charge in [0.25, 0.3) is 0 Å². The molecule has 0 radical (unpaired) electrons. The second kappa shape index (κ2) is 8.03. The molecule has 136 valence electrons. The van der Waals surface area contributed by atoms with E-state index in [2.05, 4.69) is 48.3 Å². The Kier molecular flexibility index (Phi) is 6.52. The molecule has 2 aliphatic rings. The highest BCUT2D eigenvalue weighted by Crippen LogP contribution is 2.34. The monoisotopic (exact) mass is 448 g/mol. The highest BCUT2D eigenvalue weighted by molar-refractivity contribution is 14.0. The number of oxazole rings is 1. The maximum atomic E-state index is 5.89. The normalized spacial score (nSPS) is 26.3. The molecule has 3 unspecified atom stereocenters. The Morgan fingerprint density at radius 3 is 2.71 bits per heavy atom. The van der Waals surface area contributed by atoms with Crippen molar-refractivity contribution in [3.8, 4) is 0 Å². The van der Waals surface area contributed by atoms with Gasteiger partial charge in [-0.25, -0.2) is 9.98 Å². The van der Waals surface area contributed by atoms with E-state index in [1.165, 1.54) is 6.42 Å². The number of guanidine groups is 1. The predicted octanol–water partition coefficient (Wildman–Crippen LogP) is 2.97. The second-order valence-electron chi connectivity index (χ2n) is 7.42. The highest BCUT2D eigenvalue weighted by Gasteiger charge is 2.41.